The third-order valence-corrected chi connectivity index (χ3v) is 3.57. The van der Waals surface area contributed by atoms with Crippen LogP contribution in [0.2, 0.25) is 5.02 Å². The smallest absolute Gasteiger partial charge is 0.104 e. The van der Waals surface area contributed by atoms with Gasteiger partial charge in [0.15, 0.2) is 0 Å². The van der Waals surface area contributed by atoms with E-state index in [1.807, 2.05) is 24.3 Å². The second-order valence-corrected chi connectivity index (χ2v) is 4.62. The lowest BCUT2D eigenvalue weighted by Gasteiger charge is -2.07. The largest absolute Gasteiger partial charge is 0.287 e. The Morgan fingerprint density at radius 3 is 2.73 bits per heavy atom. The fraction of sp³-hybridized carbons (Fsp3) is 0.333. The minimum Gasteiger partial charge on any atom is -0.287 e. The van der Waals surface area contributed by atoms with Crippen LogP contribution in [0, 0.1) is 22.7 Å². The van der Waals surface area contributed by atoms with E-state index in [0.717, 1.165) is 29.3 Å². The van der Waals surface area contributed by atoms with E-state index >= 15 is 0 Å². The molecular formula is C12H9ClN2. The minimum atomic E-state index is -0.270. The molecule has 1 aliphatic carbocycles. The van der Waals surface area contributed by atoms with Crippen LogP contribution < -0.4 is 0 Å². The summed E-state index contributed by atoms with van der Waals surface area (Å²) in [5, 5.41) is 9.91. The van der Waals surface area contributed by atoms with Crippen molar-refractivity contribution in [1.29, 1.82) is 5.26 Å². The molecule has 0 amide bonds. The fourth-order valence-corrected chi connectivity index (χ4v) is 2.46. The molecule has 1 aliphatic heterocycles. The molecule has 0 bridgehead atoms. The van der Waals surface area contributed by atoms with Crippen LogP contribution in [0.15, 0.2) is 29.3 Å². The van der Waals surface area contributed by atoms with E-state index < -0.39 is 0 Å². The second-order valence-electron chi connectivity index (χ2n) is 4.18. The van der Waals surface area contributed by atoms with Crippen molar-refractivity contribution in [2.24, 2.45) is 16.3 Å². The van der Waals surface area contributed by atoms with Crippen LogP contribution in [0.25, 0.3) is 0 Å². The van der Waals surface area contributed by atoms with Gasteiger partial charge < -0.3 is 0 Å². The molecule has 74 valence electrons. The lowest BCUT2D eigenvalue weighted by atomic mass is 9.95. The van der Waals surface area contributed by atoms with Gasteiger partial charge in [-0.05, 0) is 24.1 Å². The number of hydrogen-bond acceptors (Lipinski definition) is 2. The predicted molar refractivity (Wildman–Crippen MR) is 59.0 cm³/mol. The molecule has 0 N–H and O–H groups in total. The Morgan fingerprint density at radius 1 is 1.40 bits per heavy atom. The molecule has 2 nitrogen and oxygen atoms in total. The maximum Gasteiger partial charge on any atom is 0.104 e. The first-order valence-electron chi connectivity index (χ1n) is 4.98. The van der Waals surface area contributed by atoms with Gasteiger partial charge in [-0.1, -0.05) is 23.7 Å². The summed E-state index contributed by atoms with van der Waals surface area (Å²) in [4.78, 5) is 4.46. The number of halogens is 1. The third-order valence-electron chi connectivity index (χ3n) is 3.31. The molecule has 0 spiro atoms. The van der Waals surface area contributed by atoms with Crippen molar-refractivity contribution >= 4 is 17.3 Å². The molecule has 1 fully saturated rings. The van der Waals surface area contributed by atoms with Crippen molar-refractivity contribution < 1.29 is 0 Å². The molecule has 0 saturated heterocycles. The first kappa shape index (κ1) is 8.94. The number of hydrogen-bond donors (Lipinski definition) is 0. The summed E-state index contributed by atoms with van der Waals surface area (Å²) >= 11 is 5.83. The molecule has 1 aromatic carbocycles. The van der Waals surface area contributed by atoms with Gasteiger partial charge in [0.1, 0.15) is 5.41 Å². The minimum absolute atomic E-state index is 0.270. The van der Waals surface area contributed by atoms with Crippen molar-refractivity contribution in [1.82, 2.24) is 0 Å². The standard InChI is InChI=1S/C12H9ClN2/c13-10-3-1-8(2-4-10)11-12(7-14)5-9(12)6-15-11/h1-4,9H,5-6H2/t9-,12+/m1/s1. The molecule has 2 aliphatic rings. The van der Waals surface area contributed by atoms with Gasteiger partial charge in [-0.3, -0.25) is 4.99 Å². The lowest BCUT2D eigenvalue weighted by molar-refractivity contribution is 0.802. The van der Waals surface area contributed by atoms with Gasteiger partial charge >= 0.3 is 0 Å². The van der Waals surface area contributed by atoms with Crippen LogP contribution in [-0.2, 0) is 0 Å². The maximum absolute atomic E-state index is 9.20. The monoisotopic (exact) mass is 216 g/mol. The zero-order valence-electron chi connectivity index (χ0n) is 8.07. The van der Waals surface area contributed by atoms with E-state index in [1.165, 1.54) is 0 Å². The highest BCUT2D eigenvalue weighted by atomic mass is 35.5. The first-order valence-corrected chi connectivity index (χ1v) is 5.36. The Morgan fingerprint density at radius 2 is 2.13 bits per heavy atom. The van der Waals surface area contributed by atoms with Gasteiger partial charge in [0, 0.05) is 17.5 Å². The van der Waals surface area contributed by atoms with Crippen LogP contribution in [-0.4, -0.2) is 12.3 Å². The molecule has 0 unspecified atom stereocenters. The zero-order valence-corrected chi connectivity index (χ0v) is 8.83. The van der Waals surface area contributed by atoms with E-state index in [9.17, 15) is 5.26 Å². The fourth-order valence-electron chi connectivity index (χ4n) is 2.33. The number of nitrogens with zero attached hydrogens (tertiary/aromatic N) is 2. The lowest BCUT2D eigenvalue weighted by Crippen LogP contribution is -2.13. The first-order chi connectivity index (χ1) is 7.26. The number of benzene rings is 1. The Bertz CT molecular complexity index is 483. The number of aliphatic imine (C=N–C) groups is 1. The molecule has 1 aromatic rings. The Kier molecular flexibility index (Phi) is 1.69. The zero-order chi connectivity index (χ0) is 10.5. The molecule has 0 aromatic heterocycles. The van der Waals surface area contributed by atoms with Crippen LogP contribution in [0.5, 0.6) is 0 Å². The summed E-state index contributed by atoms with van der Waals surface area (Å²) in [6.07, 6.45) is 0.977. The van der Waals surface area contributed by atoms with Crippen LogP contribution in [0.4, 0.5) is 0 Å². The van der Waals surface area contributed by atoms with Crippen molar-refractivity contribution in [2.45, 2.75) is 6.42 Å². The van der Waals surface area contributed by atoms with Crippen LogP contribution in [0.1, 0.15) is 12.0 Å². The van der Waals surface area contributed by atoms with Crippen molar-refractivity contribution in [3.63, 3.8) is 0 Å². The summed E-state index contributed by atoms with van der Waals surface area (Å²) in [6.45, 7) is 0.811. The van der Waals surface area contributed by atoms with Gasteiger partial charge in [-0.25, -0.2) is 0 Å². The molecule has 3 heteroatoms. The molecule has 3 rings (SSSR count). The van der Waals surface area contributed by atoms with Crippen molar-refractivity contribution in [3.05, 3.63) is 34.9 Å². The normalized spacial score (nSPS) is 31.7. The molecule has 15 heavy (non-hydrogen) atoms. The van der Waals surface area contributed by atoms with E-state index in [0.29, 0.717) is 5.92 Å². The summed E-state index contributed by atoms with van der Waals surface area (Å²) < 4.78 is 0. The molecule has 1 saturated carbocycles. The van der Waals surface area contributed by atoms with Crippen molar-refractivity contribution in [2.75, 3.05) is 6.54 Å². The summed E-state index contributed by atoms with van der Waals surface area (Å²) in [7, 11) is 0. The van der Waals surface area contributed by atoms with Crippen molar-refractivity contribution in [3.8, 4) is 6.07 Å². The molecule has 1 heterocycles. The second kappa shape index (κ2) is 2.84. The van der Waals surface area contributed by atoms with Gasteiger partial charge in [0.25, 0.3) is 0 Å². The molecule has 0 radical (unpaired) electrons. The van der Waals surface area contributed by atoms with Gasteiger partial charge in [-0.2, -0.15) is 5.26 Å². The summed E-state index contributed by atoms with van der Waals surface area (Å²) in [6, 6.07) is 10.00. The van der Waals surface area contributed by atoms with Gasteiger partial charge in [0.05, 0.1) is 11.8 Å². The number of fused-ring (bicyclic) bond motifs is 1. The highest BCUT2D eigenvalue weighted by Gasteiger charge is 2.61. The highest BCUT2D eigenvalue weighted by Crippen LogP contribution is 2.58. The molecule has 2 atom stereocenters. The van der Waals surface area contributed by atoms with E-state index in [1.54, 1.807) is 0 Å². The highest BCUT2D eigenvalue weighted by molar-refractivity contribution is 6.30. The number of rotatable bonds is 1. The summed E-state index contributed by atoms with van der Waals surface area (Å²) in [5.74, 6) is 0.466. The van der Waals surface area contributed by atoms with E-state index in [2.05, 4.69) is 11.1 Å². The van der Waals surface area contributed by atoms with E-state index in [-0.39, 0.29) is 5.41 Å². The predicted octanol–water partition coefficient (Wildman–Crippen LogP) is 2.67. The van der Waals surface area contributed by atoms with E-state index in [4.69, 9.17) is 11.6 Å². The number of nitriles is 1. The molecular weight excluding hydrogens is 208 g/mol. The summed E-state index contributed by atoms with van der Waals surface area (Å²) in [5.41, 5.74) is 1.74. The average Bonchev–Trinajstić information content (AvgIpc) is 2.88. The van der Waals surface area contributed by atoms with Gasteiger partial charge in [0.2, 0.25) is 0 Å². The maximum atomic E-state index is 9.20. The third kappa shape index (κ3) is 1.13. The topological polar surface area (TPSA) is 36.1 Å². The van der Waals surface area contributed by atoms with Crippen LogP contribution >= 0.6 is 11.6 Å². The Balaban J connectivity index is 2.02. The van der Waals surface area contributed by atoms with Crippen LogP contribution in [0.3, 0.4) is 0 Å². The van der Waals surface area contributed by atoms with Gasteiger partial charge in [-0.15, -0.1) is 0 Å². The quantitative estimate of drug-likeness (QED) is 0.711. The Hall–Kier alpha value is -1.33. The SMILES string of the molecule is N#C[C@@]12C[C@@H]1CN=C2c1ccc(Cl)cc1. The Labute approximate surface area is 93.2 Å². The average molecular weight is 217 g/mol.